The first-order valence-electron chi connectivity index (χ1n) is 7.72. The highest BCUT2D eigenvalue weighted by Gasteiger charge is 2.16. The van der Waals surface area contributed by atoms with Gasteiger partial charge in [0.25, 0.3) is 5.91 Å². The maximum absolute atomic E-state index is 11.6. The molecular formula is C16H22N6OS2. The lowest BCUT2D eigenvalue weighted by molar-refractivity contribution is 0.0996. The zero-order chi connectivity index (χ0) is 18.6. The fraction of sp³-hybridized carbons (Fsp3) is 0.375. The summed E-state index contributed by atoms with van der Waals surface area (Å²) in [6.45, 7) is 7.21. The number of nitrogens with one attached hydrogen (secondary N) is 2. The van der Waals surface area contributed by atoms with Gasteiger partial charge in [0.15, 0.2) is 11.5 Å². The molecule has 134 valence electrons. The number of nitrogens with two attached hydrogens (primary N) is 2. The number of nitrogens with zero attached hydrogens (tertiary/aromatic N) is 2. The Balaban J connectivity index is 2.19. The van der Waals surface area contributed by atoms with Crippen LogP contribution in [0.4, 0.5) is 16.6 Å². The zero-order valence-electron chi connectivity index (χ0n) is 14.4. The molecular weight excluding hydrogens is 356 g/mol. The fourth-order valence-electron chi connectivity index (χ4n) is 1.99. The van der Waals surface area contributed by atoms with Crippen LogP contribution in [0, 0.1) is 5.41 Å². The normalized spacial score (nSPS) is 11.2. The quantitative estimate of drug-likeness (QED) is 0.571. The summed E-state index contributed by atoms with van der Waals surface area (Å²) in [5, 5.41) is 8.55. The molecule has 0 saturated heterocycles. The summed E-state index contributed by atoms with van der Waals surface area (Å²) in [5.74, 6) is 0.0685. The van der Waals surface area contributed by atoms with Crippen LogP contribution in [0.15, 0.2) is 17.6 Å². The molecule has 7 nitrogen and oxygen atoms in total. The summed E-state index contributed by atoms with van der Waals surface area (Å²) in [6, 6.07) is 1.80. The molecule has 0 saturated carbocycles. The Bertz CT molecular complexity index is 781. The predicted octanol–water partition coefficient (Wildman–Crippen LogP) is 2.85. The number of nitrogen functional groups attached to an aromatic ring is 1. The first kappa shape index (κ1) is 19.1. The minimum atomic E-state index is -0.683. The molecule has 25 heavy (non-hydrogen) atoms. The molecule has 0 spiro atoms. The summed E-state index contributed by atoms with van der Waals surface area (Å²) < 4.78 is 0. The van der Waals surface area contributed by atoms with Gasteiger partial charge < -0.3 is 22.1 Å². The molecule has 0 aliphatic carbocycles. The molecule has 0 fully saturated rings. The molecule has 6 N–H and O–H groups in total. The molecule has 2 heterocycles. The molecule has 0 bridgehead atoms. The van der Waals surface area contributed by atoms with Gasteiger partial charge in [0.1, 0.15) is 10.8 Å². The van der Waals surface area contributed by atoms with Gasteiger partial charge in [-0.15, -0.1) is 11.3 Å². The molecule has 2 rings (SSSR count). The van der Waals surface area contributed by atoms with Crippen LogP contribution in [0.5, 0.6) is 0 Å². The van der Waals surface area contributed by atoms with Crippen molar-refractivity contribution < 1.29 is 4.79 Å². The van der Waals surface area contributed by atoms with E-state index >= 15 is 0 Å². The maximum Gasteiger partial charge on any atom is 0.271 e. The van der Waals surface area contributed by atoms with E-state index in [1.165, 1.54) is 17.5 Å². The van der Waals surface area contributed by atoms with Crippen molar-refractivity contribution in [3.05, 3.63) is 28.9 Å². The van der Waals surface area contributed by atoms with Crippen molar-refractivity contribution in [3.8, 4) is 0 Å². The molecule has 1 amide bonds. The largest absolute Gasteiger partial charge is 0.390 e. The van der Waals surface area contributed by atoms with Crippen LogP contribution in [-0.2, 0) is 0 Å². The van der Waals surface area contributed by atoms with E-state index in [4.69, 9.17) is 23.7 Å². The number of thiophene rings is 1. The van der Waals surface area contributed by atoms with E-state index in [1.807, 2.05) is 5.38 Å². The van der Waals surface area contributed by atoms with Gasteiger partial charge in [-0.2, -0.15) is 0 Å². The van der Waals surface area contributed by atoms with Gasteiger partial charge in [0, 0.05) is 12.1 Å². The fourth-order valence-corrected chi connectivity index (χ4v) is 2.98. The van der Waals surface area contributed by atoms with Gasteiger partial charge in [0.05, 0.1) is 11.2 Å². The summed E-state index contributed by atoms with van der Waals surface area (Å²) in [5.41, 5.74) is 12.2. The Morgan fingerprint density at radius 1 is 1.40 bits per heavy atom. The maximum atomic E-state index is 11.6. The second-order valence-corrected chi connectivity index (χ2v) is 8.06. The molecule has 2 aromatic heterocycles. The van der Waals surface area contributed by atoms with Crippen molar-refractivity contribution in [3.63, 3.8) is 0 Å². The number of amides is 1. The first-order valence-corrected chi connectivity index (χ1v) is 9.01. The first-order chi connectivity index (χ1) is 11.7. The van der Waals surface area contributed by atoms with E-state index in [2.05, 4.69) is 41.4 Å². The van der Waals surface area contributed by atoms with Crippen LogP contribution in [0.2, 0.25) is 0 Å². The number of carbonyl (C=O) groups excluding carboxylic acids is 1. The lowest BCUT2D eigenvalue weighted by Crippen LogP contribution is -2.21. The van der Waals surface area contributed by atoms with Gasteiger partial charge in [-0.1, -0.05) is 33.0 Å². The smallest absolute Gasteiger partial charge is 0.271 e. The van der Waals surface area contributed by atoms with Crippen LogP contribution < -0.4 is 22.1 Å². The molecule has 9 heteroatoms. The number of rotatable bonds is 6. The Morgan fingerprint density at radius 3 is 2.68 bits per heavy atom. The average Bonchev–Trinajstić information content (AvgIpc) is 2.92. The highest BCUT2D eigenvalue weighted by Crippen LogP contribution is 2.22. The summed E-state index contributed by atoms with van der Waals surface area (Å²) in [4.78, 5) is 20.5. The van der Waals surface area contributed by atoms with E-state index in [0.717, 1.165) is 13.0 Å². The number of anilines is 3. The third kappa shape index (κ3) is 5.36. The number of aromatic nitrogens is 2. The molecule has 0 unspecified atom stereocenters. The minimum absolute atomic E-state index is 0.0255. The monoisotopic (exact) mass is 378 g/mol. The van der Waals surface area contributed by atoms with Crippen LogP contribution in [0.25, 0.3) is 0 Å². The summed E-state index contributed by atoms with van der Waals surface area (Å²) >= 11 is 6.73. The number of hydrogen-bond donors (Lipinski definition) is 4. The Hall–Kier alpha value is -2.26. The number of carbonyl (C=O) groups is 1. The number of thiocarbonyl (C=S) groups is 1. The lowest BCUT2D eigenvalue weighted by Gasteiger charge is -2.18. The summed E-state index contributed by atoms with van der Waals surface area (Å²) in [6.07, 6.45) is 2.44. The summed E-state index contributed by atoms with van der Waals surface area (Å²) in [7, 11) is 0. The van der Waals surface area contributed by atoms with Gasteiger partial charge in [0.2, 0.25) is 0 Å². The highest BCUT2D eigenvalue weighted by molar-refractivity contribution is 7.81. The molecule has 0 aliphatic rings. The van der Waals surface area contributed by atoms with Crippen molar-refractivity contribution in [2.75, 3.05) is 22.9 Å². The molecule has 0 aromatic carbocycles. The number of primary amides is 1. The third-order valence-electron chi connectivity index (χ3n) is 3.36. The number of hydrogen-bond acceptors (Lipinski definition) is 7. The van der Waals surface area contributed by atoms with E-state index in [9.17, 15) is 4.79 Å². The van der Waals surface area contributed by atoms with Crippen molar-refractivity contribution >= 4 is 51.1 Å². The molecule has 2 aromatic rings. The van der Waals surface area contributed by atoms with Gasteiger partial charge in [-0.05, 0) is 23.3 Å². The standard InChI is InChI=1S/C16H22N6OS2/c1-16(2,3)5-6-19-10-8-20-11(12(17)23)14(21-10)22-15(24)9-4-7-25-13(9)18/h4,7-8H,5-6,18H2,1-3H3,(H2,17,23)(H2,19,21,22,24). The van der Waals surface area contributed by atoms with E-state index in [-0.39, 0.29) is 16.9 Å². The second-order valence-electron chi connectivity index (χ2n) is 6.71. The predicted molar refractivity (Wildman–Crippen MR) is 107 cm³/mol. The SMILES string of the molecule is CC(C)(C)CCNc1cnc(C(N)=O)c(NC(=S)c2ccsc2N)n1. The van der Waals surface area contributed by atoms with Gasteiger partial charge in [-0.3, -0.25) is 4.79 Å². The Morgan fingerprint density at radius 2 is 2.12 bits per heavy atom. The van der Waals surface area contributed by atoms with E-state index in [1.54, 1.807) is 6.07 Å². The molecule has 0 aliphatic heterocycles. The zero-order valence-corrected chi connectivity index (χ0v) is 16.1. The van der Waals surface area contributed by atoms with Crippen LogP contribution >= 0.6 is 23.6 Å². The van der Waals surface area contributed by atoms with Crippen LogP contribution in [-0.4, -0.2) is 27.4 Å². The Kier molecular flexibility index (Phi) is 5.91. The second kappa shape index (κ2) is 7.75. The van der Waals surface area contributed by atoms with Crippen LogP contribution in [0.3, 0.4) is 0 Å². The van der Waals surface area contributed by atoms with Crippen molar-refractivity contribution in [1.82, 2.24) is 9.97 Å². The van der Waals surface area contributed by atoms with Crippen LogP contribution in [0.1, 0.15) is 43.2 Å². The van der Waals surface area contributed by atoms with Crippen molar-refractivity contribution in [1.29, 1.82) is 0 Å². The van der Waals surface area contributed by atoms with Crippen molar-refractivity contribution in [2.45, 2.75) is 27.2 Å². The molecule has 0 atom stereocenters. The third-order valence-corrected chi connectivity index (χ3v) is 4.43. The minimum Gasteiger partial charge on any atom is -0.390 e. The van der Waals surface area contributed by atoms with Gasteiger partial charge >= 0.3 is 0 Å². The lowest BCUT2D eigenvalue weighted by atomic mass is 9.92. The molecule has 0 radical (unpaired) electrons. The Labute approximate surface area is 156 Å². The van der Waals surface area contributed by atoms with E-state index in [0.29, 0.717) is 21.4 Å². The highest BCUT2D eigenvalue weighted by atomic mass is 32.1. The van der Waals surface area contributed by atoms with E-state index < -0.39 is 5.91 Å². The van der Waals surface area contributed by atoms with Gasteiger partial charge in [-0.25, -0.2) is 9.97 Å². The average molecular weight is 379 g/mol. The topological polar surface area (TPSA) is 119 Å². The van der Waals surface area contributed by atoms with Crippen molar-refractivity contribution in [2.24, 2.45) is 11.1 Å².